The van der Waals surface area contributed by atoms with Crippen molar-refractivity contribution >= 4 is 11.8 Å². The highest BCUT2D eigenvalue weighted by molar-refractivity contribution is 5.80. The smallest absolute Gasteiger partial charge is 0.303 e. The highest BCUT2D eigenvalue weighted by atomic mass is 16.4. The lowest BCUT2D eigenvalue weighted by Crippen LogP contribution is -1.98. The van der Waals surface area contributed by atoms with Crippen LogP contribution in [0.2, 0.25) is 0 Å². The first kappa shape index (κ1) is 11.8. The molecule has 0 fully saturated rings. The van der Waals surface area contributed by atoms with E-state index in [0.29, 0.717) is 0 Å². The van der Waals surface area contributed by atoms with Crippen LogP contribution in [-0.2, 0) is 9.59 Å². The molecule has 0 saturated heterocycles. The normalized spacial score (nSPS) is 7.50. The fourth-order valence-electron chi connectivity index (χ4n) is 0.283. The molecule has 60 valence electrons. The lowest BCUT2D eigenvalue weighted by molar-refractivity contribution is -0.138. The van der Waals surface area contributed by atoms with Gasteiger partial charge in [0.2, 0.25) is 0 Å². The Morgan fingerprint density at radius 3 is 1.70 bits per heavy atom. The van der Waals surface area contributed by atoms with Crippen LogP contribution in [0.5, 0.6) is 0 Å². The number of aliphatic hydroxyl groups excluding tert-OH is 1. The van der Waals surface area contributed by atoms with Crippen LogP contribution in [-0.4, -0.2) is 29.1 Å². The summed E-state index contributed by atoms with van der Waals surface area (Å²) in [6.07, 6.45) is 0.102. The second kappa shape index (κ2) is 8.10. The van der Waals surface area contributed by atoms with Crippen molar-refractivity contribution in [1.82, 2.24) is 0 Å². The molecule has 0 spiro atoms. The number of aliphatic hydroxyl groups is 1. The summed E-state index contributed by atoms with van der Waals surface area (Å²) in [5.74, 6) is -0.993. The summed E-state index contributed by atoms with van der Waals surface area (Å²) in [6, 6.07) is 0. The van der Waals surface area contributed by atoms with Gasteiger partial charge in [-0.05, 0) is 6.92 Å². The molecule has 0 saturated carbocycles. The van der Waals surface area contributed by atoms with E-state index in [2.05, 4.69) is 0 Å². The third-order valence-corrected chi connectivity index (χ3v) is 0.691. The molecule has 0 aromatic rings. The lowest BCUT2D eigenvalue weighted by atomic mass is 10.2. The van der Waals surface area contributed by atoms with Crippen LogP contribution in [0.15, 0.2) is 0 Å². The van der Waals surface area contributed by atoms with E-state index in [1.807, 2.05) is 0 Å². The summed E-state index contributed by atoms with van der Waals surface area (Å²) in [4.78, 5) is 19.8. The first-order chi connectivity index (χ1) is 4.63. The van der Waals surface area contributed by atoms with Gasteiger partial charge in [0.15, 0.2) is 0 Å². The van der Waals surface area contributed by atoms with Gasteiger partial charge in [-0.25, -0.2) is 0 Å². The number of carbonyl (C=O) groups excluding carboxylic acids is 1. The molecule has 0 aromatic heterocycles. The SMILES string of the molecule is CC(=O)CCC(=O)O.CO. The van der Waals surface area contributed by atoms with Crippen molar-refractivity contribution in [3.05, 3.63) is 0 Å². The maximum Gasteiger partial charge on any atom is 0.303 e. The van der Waals surface area contributed by atoms with E-state index in [-0.39, 0.29) is 18.6 Å². The van der Waals surface area contributed by atoms with Gasteiger partial charge in [-0.2, -0.15) is 0 Å². The zero-order valence-corrected chi connectivity index (χ0v) is 6.13. The third-order valence-electron chi connectivity index (χ3n) is 0.691. The van der Waals surface area contributed by atoms with Crippen LogP contribution in [0.3, 0.4) is 0 Å². The van der Waals surface area contributed by atoms with Gasteiger partial charge in [-0.15, -0.1) is 0 Å². The summed E-state index contributed by atoms with van der Waals surface area (Å²) in [7, 11) is 1.00. The molecule has 4 nitrogen and oxygen atoms in total. The van der Waals surface area contributed by atoms with Crippen LogP contribution in [0, 0.1) is 0 Å². The van der Waals surface area contributed by atoms with Crippen molar-refractivity contribution < 1.29 is 19.8 Å². The Balaban J connectivity index is 0. The number of hydrogen-bond donors (Lipinski definition) is 2. The Kier molecular flexibility index (Phi) is 9.59. The van der Waals surface area contributed by atoms with Crippen LogP contribution in [0.1, 0.15) is 19.8 Å². The van der Waals surface area contributed by atoms with Crippen molar-refractivity contribution in [2.45, 2.75) is 19.8 Å². The maximum absolute atomic E-state index is 10.1. The first-order valence-corrected chi connectivity index (χ1v) is 2.79. The Labute approximate surface area is 59.5 Å². The fraction of sp³-hybridized carbons (Fsp3) is 0.667. The molecule has 0 amide bonds. The molecule has 0 aromatic carbocycles. The molecule has 2 N–H and O–H groups in total. The molecule has 0 unspecified atom stereocenters. The van der Waals surface area contributed by atoms with Gasteiger partial charge in [-0.1, -0.05) is 0 Å². The Bertz CT molecular complexity index is 94.3. The molecule has 0 radical (unpaired) electrons. The third kappa shape index (κ3) is 15.7. The number of rotatable bonds is 3. The van der Waals surface area contributed by atoms with E-state index >= 15 is 0 Å². The molecule has 4 heteroatoms. The van der Waals surface area contributed by atoms with Crippen molar-refractivity contribution in [3.8, 4) is 0 Å². The van der Waals surface area contributed by atoms with Crippen LogP contribution >= 0.6 is 0 Å². The van der Waals surface area contributed by atoms with Crippen molar-refractivity contribution in [2.24, 2.45) is 0 Å². The standard InChI is InChI=1S/C5H8O3.CH4O/c1-4(6)2-3-5(7)8;1-2/h2-3H2,1H3,(H,7,8);2H,1H3. The number of aliphatic carboxylic acids is 1. The minimum atomic E-state index is -0.916. The summed E-state index contributed by atoms with van der Waals surface area (Å²) >= 11 is 0. The number of carboxylic acid groups (broad SMARTS) is 1. The van der Waals surface area contributed by atoms with Crippen molar-refractivity contribution in [1.29, 1.82) is 0 Å². The predicted octanol–water partition coefficient (Wildman–Crippen LogP) is 0.0487. The van der Waals surface area contributed by atoms with Gasteiger partial charge < -0.3 is 15.0 Å². The van der Waals surface area contributed by atoms with Crippen molar-refractivity contribution in [2.75, 3.05) is 7.11 Å². The van der Waals surface area contributed by atoms with Crippen LogP contribution < -0.4 is 0 Å². The minimum absolute atomic E-state index is 0.0463. The molecule has 0 atom stereocenters. The van der Waals surface area contributed by atoms with Gasteiger partial charge in [0.25, 0.3) is 0 Å². The molecule has 0 aliphatic heterocycles. The molecule has 0 rings (SSSR count). The quantitative estimate of drug-likeness (QED) is 0.593. The average Bonchev–Trinajstić information content (AvgIpc) is 1.89. The first-order valence-electron chi connectivity index (χ1n) is 2.79. The predicted molar refractivity (Wildman–Crippen MR) is 35.7 cm³/mol. The monoisotopic (exact) mass is 148 g/mol. The maximum atomic E-state index is 10.1. The van der Waals surface area contributed by atoms with E-state index in [9.17, 15) is 9.59 Å². The number of ketones is 1. The second-order valence-electron chi connectivity index (χ2n) is 1.60. The Hall–Kier alpha value is -0.900. The van der Waals surface area contributed by atoms with Gasteiger partial charge in [-0.3, -0.25) is 4.79 Å². The highest BCUT2D eigenvalue weighted by Gasteiger charge is 1.97. The summed E-state index contributed by atoms with van der Waals surface area (Å²) in [5, 5.41) is 15.0. The van der Waals surface area contributed by atoms with E-state index in [0.717, 1.165) is 7.11 Å². The number of carboxylic acids is 1. The number of hydrogen-bond acceptors (Lipinski definition) is 3. The molecular formula is C6H12O4. The molecule has 0 aliphatic carbocycles. The van der Waals surface area contributed by atoms with E-state index < -0.39 is 5.97 Å². The average molecular weight is 148 g/mol. The van der Waals surface area contributed by atoms with E-state index in [1.165, 1.54) is 6.92 Å². The Morgan fingerprint density at radius 1 is 1.20 bits per heavy atom. The molecular weight excluding hydrogens is 136 g/mol. The van der Waals surface area contributed by atoms with Gasteiger partial charge in [0.1, 0.15) is 5.78 Å². The van der Waals surface area contributed by atoms with Crippen LogP contribution in [0.4, 0.5) is 0 Å². The van der Waals surface area contributed by atoms with E-state index in [1.54, 1.807) is 0 Å². The highest BCUT2D eigenvalue weighted by Crippen LogP contribution is 1.87. The number of carbonyl (C=O) groups is 2. The van der Waals surface area contributed by atoms with Gasteiger partial charge in [0, 0.05) is 13.5 Å². The zero-order valence-electron chi connectivity index (χ0n) is 6.13. The number of Topliss-reactive ketones (excluding diaryl/α,β-unsaturated/α-hetero) is 1. The topological polar surface area (TPSA) is 74.6 Å². The fourth-order valence-corrected chi connectivity index (χ4v) is 0.283. The second-order valence-corrected chi connectivity index (χ2v) is 1.60. The van der Waals surface area contributed by atoms with Gasteiger partial charge in [0.05, 0.1) is 6.42 Å². The van der Waals surface area contributed by atoms with Crippen LogP contribution in [0.25, 0.3) is 0 Å². The summed E-state index contributed by atoms with van der Waals surface area (Å²) in [5.41, 5.74) is 0. The zero-order chi connectivity index (χ0) is 8.57. The lowest BCUT2D eigenvalue weighted by Gasteiger charge is -1.86. The van der Waals surface area contributed by atoms with Crippen molar-refractivity contribution in [3.63, 3.8) is 0 Å². The van der Waals surface area contributed by atoms with E-state index in [4.69, 9.17) is 10.2 Å². The largest absolute Gasteiger partial charge is 0.481 e. The molecule has 0 aliphatic rings. The van der Waals surface area contributed by atoms with Gasteiger partial charge >= 0.3 is 5.97 Å². The summed E-state index contributed by atoms with van der Waals surface area (Å²) in [6.45, 7) is 1.38. The molecule has 10 heavy (non-hydrogen) atoms. The molecule has 0 heterocycles. The Morgan fingerprint density at radius 2 is 1.60 bits per heavy atom. The molecule has 0 bridgehead atoms. The summed E-state index contributed by atoms with van der Waals surface area (Å²) < 4.78 is 0. The minimum Gasteiger partial charge on any atom is -0.481 e.